The summed E-state index contributed by atoms with van der Waals surface area (Å²) in [4.78, 5) is 6.41. The van der Waals surface area contributed by atoms with Crippen LogP contribution >= 0.6 is 35.6 Å². The lowest BCUT2D eigenvalue weighted by atomic mass is 10.4. The highest BCUT2D eigenvalue weighted by molar-refractivity contribution is 14.0. The first-order valence-electron chi connectivity index (χ1n) is 4.53. The van der Waals surface area contributed by atoms with Crippen molar-refractivity contribution in [1.82, 2.24) is 10.2 Å². The predicted octanol–water partition coefficient (Wildman–Crippen LogP) is 2.03. The van der Waals surface area contributed by atoms with Crippen molar-refractivity contribution in [2.45, 2.75) is 12.8 Å². The number of hydrogen-bond acceptors (Lipinski definition) is 1. The Morgan fingerprint density at radius 1 is 1.50 bits per heavy atom. The monoisotopic (exact) mass is 329 g/mol. The lowest BCUT2D eigenvalue weighted by Gasteiger charge is -2.20. The zero-order valence-corrected chi connectivity index (χ0v) is 11.5. The maximum atomic E-state index is 5.66. The molecule has 0 saturated carbocycles. The Morgan fingerprint density at radius 2 is 2.07 bits per heavy atom. The van der Waals surface area contributed by atoms with Gasteiger partial charge in [-0.2, -0.15) is 0 Å². The maximum absolute atomic E-state index is 5.66. The lowest BCUT2D eigenvalue weighted by molar-refractivity contribution is 0.497. The van der Waals surface area contributed by atoms with Crippen LogP contribution < -0.4 is 5.32 Å². The first-order valence-corrected chi connectivity index (χ1v) is 4.90. The molecule has 14 heavy (non-hydrogen) atoms. The van der Waals surface area contributed by atoms with Gasteiger partial charge >= 0.3 is 0 Å². The third-order valence-corrected chi connectivity index (χ3v) is 2.19. The molecule has 5 heteroatoms. The molecular formula is C9H17ClIN3. The molecule has 0 atom stereocenters. The fraction of sp³-hybridized carbons (Fsp3) is 0.667. The lowest BCUT2D eigenvalue weighted by Crippen LogP contribution is -2.39. The number of likely N-dealkylation sites (tertiary alicyclic amines) is 1. The van der Waals surface area contributed by atoms with Crippen LogP contribution in [0.25, 0.3) is 0 Å². The van der Waals surface area contributed by atoms with Crippen LogP contribution in [0.1, 0.15) is 12.8 Å². The summed E-state index contributed by atoms with van der Waals surface area (Å²) in [7, 11) is 1.79. The van der Waals surface area contributed by atoms with E-state index in [-0.39, 0.29) is 24.0 Å². The van der Waals surface area contributed by atoms with Gasteiger partial charge in [-0.25, -0.2) is 0 Å². The van der Waals surface area contributed by atoms with Crippen LogP contribution in [0.4, 0.5) is 0 Å². The Labute approximate surface area is 108 Å². The number of hydrogen-bond donors (Lipinski definition) is 1. The smallest absolute Gasteiger partial charge is 0.193 e. The summed E-state index contributed by atoms with van der Waals surface area (Å²) in [6, 6.07) is 0. The van der Waals surface area contributed by atoms with Crippen molar-refractivity contribution in [2.75, 3.05) is 26.7 Å². The number of halogens is 2. The molecule has 1 aliphatic rings. The Hall–Kier alpha value is 0.0300. The minimum absolute atomic E-state index is 0. The van der Waals surface area contributed by atoms with Gasteiger partial charge in [0.2, 0.25) is 0 Å². The van der Waals surface area contributed by atoms with Crippen LogP contribution in [0, 0.1) is 0 Å². The standard InChI is InChI=1S/C9H16ClN3.HI/c1-8(10)7-12-9(11-2)13-5-3-4-6-13;/h1,3-7H2,2H3,(H,11,12);1H. The normalized spacial score (nSPS) is 16.4. The summed E-state index contributed by atoms with van der Waals surface area (Å²) in [6.45, 7) is 6.39. The molecule has 1 rings (SSSR count). The highest BCUT2D eigenvalue weighted by Gasteiger charge is 2.14. The van der Waals surface area contributed by atoms with E-state index in [9.17, 15) is 0 Å². The summed E-state index contributed by atoms with van der Waals surface area (Å²) in [5.74, 6) is 0.930. The van der Waals surface area contributed by atoms with E-state index < -0.39 is 0 Å². The third kappa shape index (κ3) is 4.50. The third-order valence-electron chi connectivity index (χ3n) is 2.06. The molecule has 0 radical (unpaired) electrons. The molecule has 1 aliphatic heterocycles. The highest BCUT2D eigenvalue weighted by atomic mass is 127. The van der Waals surface area contributed by atoms with Gasteiger partial charge in [0.25, 0.3) is 0 Å². The van der Waals surface area contributed by atoms with E-state index in [1.54, 1.807) is 7.05 Å². The number of rotatable bonds is 2. The molecule has 0 aromatic heterocycles. The zero-order valence-electron chi connectivity index (χ0n) is 8.42. The summed E-state index contributed by atoms with van der Waals surface area (Å²) < 4.78 is 0. The van der Waals surface area contributed by atoms with E-state index >= 15 is 0 Å². The molecule has 82 valence electrons. The van der Waals surface area contributed by atoms with Crippen molar-refractivity contribution >= 4 is 41.5 Å². The zero-order chi connectivity index (χ0) is 9.68. The summed E-state index contributed by atoms with van der Waals surface area (Å²) in [6.07, 6.45) is 2.51. The van der Waals surface area contributed by atoms with Crippen LogP contribution in [0.15, 0.2) is 16.6 Å². The van der Waals surface area contributed by atoms with Gasteiger partial charge < -0.3 is 10.2 Å². The predicted molar refractivity (Wildman–Crippen MR) is 72.6 cm³/mol. The number of nitrogens with zero attached hydrogens (tertiary/aromatic N) is 2. The number of aliphatic imine (C=N–C) groups is 1. The second-order valence-electron chi connectivity index (χ2n) is 3.11. The summed E-state index contributed by atoms with van der Waals surface area (Å²) >= 11 is 5.66. The van der Waals surface area contributed by atoms with E-state index in [4.69, 9.17) is 11.6 Å². The average Bonchev–Trinajstić information content (AvgIpc) is 2.58. The maximum Gasteiger partial charge on any atom is 0.193 e. The van der Waals surface area contributed by atoms with E-state index in [0.29, 0.717) is 11.6 Å². The molecular weight excluding hydrogens is 312 g/mol. The quantitative estimate of drug-likeness (QED) is 0.477. The van der Waals surface area contributed by atoms with Gasteiger partial charge in [-0.1, -0.05) is 18.2 Å². The minimum Gasteiger partial charge on any atom is -0.351 e. The van der Waals surface area contributed by atoms with Crippen molar-refractivity contribution < 1.29 is 0 Å². The molecule has 1 heterocycles. The fourth-order valence-electron chi connectivity index (χ4n) is 1.44. The molecule has 1 fully saturated rings. The van der Waals surface area contributed by atoms with E-state index in [1.807, 2.05) is 0 Å². The summed E-state index contributed by atoms with van der Waals surface area (Å²) in [5.41, 5.74) is 0. The van der Waals surface area contributed by atoms with Crippen LogP contribution in [-0.4, -0.2) is 37.5 Å². The number of guanidine groups is 1. The number of nitrogens with one attached hydrogen (secondary N) is 1. The second kappa shape index (κ2) is 7.34. The van der Waals surface area contributed by atoms with Crippen molar-refractivity contribution in [2.24, 2.45) is 4.99 Å². The van der Waals surface area contributed by atoms with Crippen LogP contribution in [0.2, 0.25) is 0 Å². The van der Waals surface area contributed by atoms with Gasteiger partial charge in [0.1, 0.15) is 0 Å². The van der Waals surface area contributed by atoms with Crippen LogP contribution in [-0.2, 0) is 0 Å². The second-order valence-corrected chi connectivity index (χ2v) is 3.65. The van der Waals surface area contributed by atoms with Crippen molar-refractivity contribution in [3.8, 4) is 0 Å². The molecule has 0 unspecified atom stereocenters. The molecule has 0 spiro atoms. The Morgan fingerprint density at radius 3 is 2.50 bits per heavy atom. The van der Waals surface area contributed by atoms with Gasteiger partial charge in [-0.05, 0) is 12.8 Å². The topological polar surface area (TPSA) is 27.6 Å². The van der Waals surface area contributed by atoms with Crippen molar-refractivity contribution in [3.63, 3.8) is 0 Å². The van der Waals surface area contributed by atoms with Gasteiger partial charge in [-0.15, -0.1) is 24.0 Å². The van der Waals surface area contributed by atoms with Gasteiger partial charge in [0, 0.05) is 25.2 Å². The minimum atomic E-state index is 0. The van der Waals surface area contributed by atoms with Crippen molar-refractivity contribution in [1.29, 1.82) is 0 Å². The van der Waals surface area contributed by atoms with E-state index in [1.165, 1.54) is 12.8 Å². The molecule has 1 N–H and O–H groups in total. The highest BCUT2D eigenvalue weighted by Crippen LogP contribution is 2.07. The molecule has 0 aliphatic carbocycles. The van der Waals surface area contributed by atoms with Crippen LogP contribution in [0.3, 0.4) is 0 Å². The van der Waals surface area contributed by atoms with E-state index in [2.05, 4.69) is 21.8 Å². The molecule has 0 aromatic rings. The first-order chi connectivity index (χ1) is 6.24. The van der Waals surface area contributed by atoms with Gasteiger partial charge in [-0.3, -0.25) is 4.99 Å². The van der Waals surface area contributed by atoms with Crippen LogP contribution in [0.5, 0.6) is 0 Å². The molecule has 0 aromatic carbocycles. The van der Waals surface area contributed by atoms with Gasteiger partial charge in [0.05, 0.1) is 6.54 Å². The average molecular weight is 330 g/mol. The molecule has 3 nitrogen and oxygen atoms in total. The SMILES string of the molecule is C=C(Cl)CNC(=NC)N1CCCC1.I. The Balaban J connectivity index is 0.00000169. The molecule has 0 bridgehead atoms. The molecule has 1 saturated heterocycles. The Bertz CT molecular complexity index is 212. The fourth-order valence-corrected chi connectivity index (χ4v) is 1.50. The van der Waals surface area contributed by atoms with Crippen molar-refractivity contribution in [3.05, 3.63) is 11.6 Å². The Kier molecular flexibility index (Phi) is 7.35. The summed E-state index contributed by atoms with van der Waals surface area (Å²) in [5, 5.41) is 3.77. The van der Waals surface area contributed by atoms with Gasteiger partial charge in [0.15, 0.2) is 5.96 Å². The van der Waals surface area contributed by atoms with E-state index in [0.717, 1.165) is 19.0 Å². The molecule has 0 amide bonds. The first kappa shape index (κ1) is 14.0. The largest absolute Gasteiger partial charge is 0.351 e.